The molecule has 144 valence electrons. The fourth-order valence-corrected chi connectivity index (χ4v) is 2.18. The summed E-state index contributed by atoms with van der Waals surface area (Å²) in [6, 6.07) is 10.4. The molecule has 2 unspecified atom stereocenters. The Morgan fingerprint density at radius 1 is 1.12 bits per heavy atom. The predicted molar refractivity (Wildman–Crippen MR) is 116 cm³/mol. The Kier molecular flexibility index (Phi) is 13.8. The Morgan fingerprint density at radius 3 is 2.40 bits per heavy atom. The SMILES string of the molecule is CCNC(=NCC(O)COCC(C)C)NCC(C)c1ccccc1.I. The summed E-state index contributed by atoms with van der Waals surface area (Å²) < 4.78 is 5.45. The summed E-state index contributed by atoms with van der Waals surface area (Å²) in [5.74, 6) is 1.58. The van der Waals surface area contributed by atoms with E-state index in [0.29, 0.717) is 31.6 Å². The van der Waals surface area contributed by atoms with Crippen molar-refractivity contribution in [2.75, 3.05) is 32.8 Å². The first kappa shape index (κ1) is 24.1. The van der Waals surface area contributed by atoms with Gasteiger partial charge in [-0.2, -0.15) is 0 Å². The summed E-state index contributed by atoms with van der Waals surface area (Å²) in [5, 5.41) is 16.5. The Hall–Kier alpha value is -0.860. The smallest absolute Gasteiger partial charge is 0.191 e. The van der Waals surface area contributed by atoms with Crippen LogP contribution in [0.25, 0.3) is 0 Å². The molecule has 0 spiro atoms. The van der Waals surface area contributed by atoms with E-state index in [2.05, 4.69) is 60.7 Å². The van der Waals surface area contributed by atoms with Gasteiger partial charge in [0.15, 0.2) is 5.96 Å². The maximum atomic E-state index is 9.95. The highest BCUT2D eigenvalue weighted by molar-refractivity contribution is 14.0. The first-order valence-electron chi connectivity index (χ1n) is 8.85. The maximum absolute atomic E-state index is 9.95. The van der Waals surface area contributed by atoms with E-state index in [9.17, 15) is 5.11 Å². The molecule has 25 heavy (non-hydrogen) atoms. The van der Waals surface area contributed by atoms with Crippen molar-refractivity contribution in [3.8, 4) is 0 Å². The van der Waals surface area contributed by atoms with Crippen molar-refractivity contribution < 1.29 is 9.84 Å². The van der Waals surface area contributed by atoms with Gasteiger partial charge in [0.2, 0.25) is 0 Å². The van der Waals surface area contributed by atoms with E-state index in [1.807, 2.05) is 13.0 Å². The van der Waals surface area contributed by atoms with Gasteiger partial charge in [0, 0.05) is 19.7 Å². The minimum Gasteiger partial charge on any atom is -0.389 e. The van der Waals surface area contributed by atoms with Gasteiger partial charge in [-0.25, -0.2) is 0 Å². The fraction of sp³-hybridized carbons (Fsp3) is 0.632. The minimum atomic E-state index is -0.578. The summed E-state index contributed by atoms with van der Waals surface area (Å²) in [7, 11) is 0. The van der Waals surface area contributed by atoms with Gasteiger partial charge in [-0.1, -0.05) is 51.1 Å². The van der Waals surface area contributed by atoms with Gasteiger partial charge in [-0.05, 0) is 24.3 Å². The van der Waals surface area contributed by atoms with Gasteiger partial charge in [-0.3, -0.25) is 4.99 Å². The number of aliphatic imine (C=N–C) groups is 1. The van der Waals surface area contributed by atoms with Gasteiger partial charge < -0.3 is 20.5 Å². The lowest BCUT2D eigenvalue weighted by Crippen LogP contribution is -2.39. The number of rotatable bonds is 10. The standard InChI is InChI=1S/C19H33N3O2.HI/c1-5-20-19(22-12-18(23)14-24-13-15(2)3)21-11-16(4)17-9-7-6-8-10-17;/h6-10,15-16,18,23H,5,11-14H2,1-4H3,(H2,20,21,22);1H. The average Bonchev–Trinajstić information content (AvgIpc) is 2.57. The minimum absolute atomic E-state index is 0. The first-order valence-corrected chi connectivity index (χ1v) is 8.85. The quantitative estimate of drug-likeness (QED) is 0.284. The van der Waals surface area contributed by atoms with Crippen molar-refractivity contribution in [3.63, 3.8) is 0 Å². The second kappa shape index (κ2) is 14.3. The highest BCUT2D eigenvalue weighted by Crippen LogP contribution is 2.12. The highest BCUT2D eigenvalue weighted by atomic mass is 127. The number of guanidine groups is 1. The molecule has 6 heteroatoms. The van der Waals surface area contributed by atoms with Crippen LogP contribution in [0.4, 0.5) is 0 Å². The summed E-state index contributed by atoms with van der Waals surface area (Å²) in [5.41, 5.74) is 1.29. The fourth-order valence-electron chi connectivity index (χ4n) is 2.18. The number of ether oxygens (including phenoxy) is 1. The molecule has 0 amide bonds. The summed E-state index contributed by atoms with van der Waals surface area (Å²) in [6.45, 7) is 11.3. The summed E-state index contributed by atoms with van der Waals surface area (Å²) >= 11 is 0. The van der Waals surface area contributed by atoms with Crippen molar-refractivity contribution in [1.82, 2.24) is 10.6 Å². The number of nitrogens with zero attached hydrogens (tertiary/aromatic N) is 1. The van der Waals surface area contributed by atoms with Gasteiger partial charge in [0.25, 0.3) is 0 Å². The lowest BCUT2D eigenvalue weighted by atomic mass is 10.0. The molecule has 3 N–H and O–H groups in total. The number of hydrogen-bond donors (Lipinski definition) is 3. The number of halogens is 1. The molecular weight excluding hydrogens is 429 g/mol. The topological polar surface area (TPSA) is 65.9 Å². The monoisotopic (exact) mass is 463 g/mol. The van der Waals surface area contributed by atoms with Crippen LogP contribution in [0, 0.1) is 5.92 Å². The molecule has 2 atom stereocenters. The lowest BCUT2D eigenvalue weighted by molar-refractivity contribution is 0.0301. The molecule has 0 radical (unpaired) electrons. The predicted octanol–water partition coefficient (Wildman–Crippen LogP) is 3.00. The zero-order valence-corrected chi connectivity index (χ0v) is 18.2. The molecule has 0 saturated carbocycles. The Bertz CT molecular complexity index is 469. The van der Waals surface area contributed by atoms with E-state index in [4.69, 9.17) is 4.74 Å². The summed E-state index contributed by atoms with van der Waals surface area (Å²) in [6.07, 6.45) is -0.578. The third-order valence-electron chi connectivity index (χ3n) is 3.51. The van der Waals surface area contributed by atoms with E-state index in [1.165, 1.54) is 5.56 Å². The average molecular weight is 463 g/mol. The van der Waals surface area contributed by atoms with Crippen molar-refractivity contribution in [3.05, 3.63) is 35.9 Å². The lowest BCUT2D eigenvalue weighted by Gasteiger charge is -2.17. The van der Waals surface area contributed by atoms with Crippen LogP contribution in [0.2, 0.25) is 0 Å². The molecule has 1 aromatic carbocycles. The third-order valence-corrected chi connectivity index (χ3v) is 3.51. The van der Waals surface area contributed by atoms with Crippen molar-refractivity contribution in [1.29, 1.82) is 0 Å². The molecule has 0 aliphatic rings. The van der Waals surface area contributed by atoms with Crippen LogP contribution in [0.5, 0.6) is 0 Å². The number of hydrogen-bond acceptors (Lipinski definition) is 3. The van der Waals surface area contributed by atoms with Crippen molar-refractivity contribution in [2.45, 2.75) is 39.7 Å². The van der Waals surface area contributed by atoms with Crippen molar-refractivity contribution in [2.24, 2.45) is 10.9 Å². The molecule has 0 saturated heterocycles. The van der Waals surface area contributed by atoms with Gasteiger partial charge >= 0.3 is 0 Å². The molecule has 1 rings (SSSR count). The maximum Gasteiger partial charge on any atom is 0.191 e. The zero-order valence-electron chi connectivity index (χ0n) is 15.9. The van der Waals surface area contributed by atoms with E-state index < -0.39 is 6.10 Å². The van der Waals surface area contributed by atoms with Crippen LogP contribution in [0.1, 0.15) is 39.2 Å². The largest absolute Gasteiger partial charge is 0.389 e. The Morgan fingerprint density at radius 2 is 1.80 bits per heavy atom. The van der Waals surface area contributed by atoms with Gasteiger partial charge in [0.05, 0.1) is 19.3 Å². The van der Waals surface area contributed by atoms with Gasteiger partial charge in [0.1, 0.15) is 0 Å². The number of aliphatic hydroxyl groups is 1. The third kappa shape index (κ3) is 11.4. The van der Waals surface area contributed by atoms with Crippen LogP contribution in [-0.2, 0) is 4.74 Å². The second-order valence-electron chi connectivity index (χ2n) is 6.50. The van der Waals surface area contributed by atoms with Crippen LogP contribution in [0.3, 0.4) is 0 Å². The molecule has 0 heterocycles. The molecule has 5 nitrogen and oxygen atoms in total. The number of nitrogens with one attached hydrogen (secondary N) is 2. The normalized spacial score (nSPS) is 13.9. The van der Waals surface area contributed by atoms with Gasteiger partial charge in [-0.15, -0.1) is 24.0 Å². The second-order valence-corrected chi connectivity index (χ2v) is 6.50. The first-order chi connectivity index (χ1) is 11.5. The van der Waals surface area contributed by atoms with Crippen LogP contribution in [0.15, 0.2) is 35.3 Å². The molecule has 0 aliphatic heterocycles. The molecule has 0 bridgehead atoms. The molecule has 1 aromatic rings. The van der Waals surface area contributed by atoms with E-state index in [0.717, 1.165) is 19.0 Å². The van der Waals surface area contributed by atoms with E-state index >= 15 is 0 Å². The van der Waals surface area contributed by atoms with E-state index in [-0.39, 0.29) is 24.0 Å². The van der Waals surface area contributed by atoms with Crippen molar-refractivity contribution >= 4 is 29.9 Å². The molecular formula is C19H34IN3O2. The van der Waals surface area contributed by atoms with Crippen LogP contribution >= 0.6 is 24.0 Å². The highest BCUT2D eigenvalue weighted by Gasteiger charge is 2.08. The zero-order chi connectivity index (χ0) is 17.8. The Balaban J connectivity index is 0.00000576. The van der Waals surface area contributed by atoms with Crippen LogP contribution in [-0.4, -0.2) is 50.0 Å². The molecule has 0 fully saturated rings. The Labute approximate surface area is 169 Å². The molecule has 0 aromatic heterocycles. The number of aliphatic hydroxyl groups excluding tert-OH is 1. The summed E-state index contributed by atoms with van der Waals surface area (Å²) in [4.78, 5) is 4.44. The van der Waals surface area contributed by atoms with Crippen LogP contribution < -0.4 is 10.6 Å². The van der Waals surface area contributed by atoms with E-state index in [1.54, 1.807) is 0 Å². The number of benzene rings is 1. The molecule has 0 aliphatic carbocycles.